The van der Waals surface area contributed by atoms with E-state index in [1.165, 1.54) is 6.92 Å². The highest BCUT2D eigenvalue weighted by Crippen LogP contribution is 2.69. The van der Waals surface area contributed by atoms with E-state index >= 15 is 0 Å². The molecule has 12 heavy (non-hydrogen) atoms. The molecule has 10 heteroatoms. The number of phosphoric ester groups is 1. The Hall–Kier alpha value is 0.220. The molecule has 1 saturated heterocycles. The van der Waals surface area contributed by atoms with Crippen molar-refractivity contribution in [3.63, 3.8) is 0 Å². The number of hydrogen-bond donors (Lipinski definition) is 2. The molecule has 1 atom stereocenters. The first kappa shape index (κ1) is 10.3. The van der Waals surface area contributed by atoms with Crippen molar-refractivity contribution in [1.29, 1.82) is 0 Å². The Balaban J connectivity index is 2.53. The van der Waals surface area contributed by atoms with Crippen LogP contribution in [0.15, 0.2) is 0 Å². The Bertz CT molecular complexity index is 250. The first-order chi connectivity index (χ1) is 5.37. The molecule has 0 amide bonds. The van der Waals surface area contributed by atoms with Gasteiger partial charge in [0.2, 0.25) is 0 Å². The van der Waals surface area contributed by atoms with E-state index in [1.54, 1.807) is 0 Å². The third kappa shape index (κ3) is 2.35. The zero-order valence-electron chi connectivity index (χ0n) is 5.82. The summed E-state index contributed by atoms with van der Waals surface area (Å²) in [4.78, 5) is 8.44. The van der Waals surface area contributed by atoms with Crippen molar-refractivity contribution in [3.8, 4) is 0 Å². The zero-order chi connectivity index (χ0) is 9.41. The molecular formula is C2H6O8P2. The Kier molecular flexibility index (Phi) is 2.72. The second kappa shape index (κ2) is 3.17. The summed E-state index contributed by atoms with van der Waals surface area (Å²) in [5.74, 6) is 0. The Morgan fingerprint density at radius 3 is 2.42 bits per heavy atom. The van der Waals surface area contributed by atoms with Crippen molar-refractivity contribution >= 4 is 15.6 Å². The van der Waals surface area contributed by atoms with Crippen molar-refractivity contribution in [2.45, 2.75) is 13.2 Å². The van der Waals surface area contributed by atoms with Gasteiger partial charge in [-0.3, -0.25) is 9.05 Å². The van der Waals surface area contributed by atoms with Crippen LogP contribution in [-0.4, -0.2) is 16.4 Å². The van der Waals surface area contributed by atoms with Gasteiger partial charge in [0, 0.05) is 0 Å². The molecule has 0 radical (unpaired) electrons. The molecule has 0 aromatic heterocycles. The monoisotopic (exact) mass is 220 g/mol. The van der Waals surface area contributed by atoms with Crippen LogP contribution in [0.1, 0.15) is 6.92 Å². The SMILES string of the molecule is CC1OP(=O)(OP(=O)(O)OO)O1. The fourth-order valence-corrected chi connectivity index (χ4v) is 2.73. The lowest BCUT2D eigenvalue weighted by Gasteiger charge is -2.30. The first-order valence-electron chi connectivity index (χ1n) is 2.71. The van der Waals surface area contributed by atoms with Crippen LogP contribution in [0, 0.1) is 0 Å². The molecular weight excluding hydrogens is 214 g/mol. The summed E-state index contributed by atoms with van der Waals surface area (Å²) in [5.41, 5.74) is 0. The lowest BCUT2D eigenvalue weighted by Crippen LogP contribution is -2.22. The number of rotatable bonds is 3. The molecule has 1 unspecified atom stereocenters. The van der Waals surface area contributed by atoms with Gasteiger partial charge >= 0.3 is 15.6 Å². The maximum Gasteiger partial charge on any atom is 0.508 e. The molecule has 1 rings (SSSR count). The molecule has 2 N–H and O–H groups in total. The third-order valence-corrected chi connectivity index (χ3v) is 3.80. The van der Waals surface area contributed by atoms with Crippen LogP contribution in [0.2, 0.25) is 0 Å². The van der Waals surface area contributed by atoms with E-state index in [0.29, 0.717) is 0 Å². The summed E-state index contributed by atoms with van der Waals surface area (Å²) in [6, 6.07) is 0. The molecule has 1 heterocycles. The molecule has 0 bridgehead atoms. The molecule has 0 saturated carbocycles. The standard InChI is InChI=1S/C2H6O8P2/c1-2-7-12(6,8-2)10-11(4,5)9-3/h2-3H,1H3,(H,4,5). The van der Waals surface area contributed by atoms with Crippen molar-refractivity contribution in [3.05, 3.63) is 0 Å². The van der Waals surface area contributed by atoms with E-state index in [0.717, 1.165) is 0 Å². The molecule has 0 aromatic rings. The van der Waals surface area contributed by atoms with Gasteiger partial charge in [-0.1, -0.05) is 0 Å². The van der Waals surface area contributed by atoms with Crippen molar-refractivity contribution in [1.82, 2.24) is 0 Å². The first-order valence-corrected chi connectivity index (χ1v) is 5.67. The summed E-state index contributed by atoms with van der Waals surface area (Å²) in [5, 5.41) is 7.77. The summed E-state index contributed by atoms with van der Waals surface area (Å²) < 4.78 is 36.8. The predicted molar refractivity (Wildman–Crippen MR) is 33.9 cm³/mol. The molecule has 1 aliphatic heterocycles. The van der Waals surface area contributed by atoms with Crippen LogP contribution in [0.5, 0.6) is 0 Å². The molecule has 72 valence electrons. The van der Waals surface area contributed by atoms with Gasteiger partial charge in [-0.2, -0.15) is 4.31 Å². The van der Waals surface area contributed by atoms with Gasteiger partial charge in [0.1, 0.15) is 0 Å². The van der Waals surface area contributed by atoms with Gasteiger partial charge < -0.3 is 4.89 Å². The van der Waals surface area contributed by atoms with Crippen LogP contribution in [-0.2, 0) is 27.2 Å². The van der Waals surface area contributed by atoms with Crippen LogP contribution in [0.3, 0.4) is 0 Å². The minimum atomic E-state index is -4.74. The topological polar surface area (TPSA) is 112 Å². The van der Waals surface area contributed by atoms with E-state index in [1.807, 2.05) is 0 Å². The van der Waals surface area contributed by atoms with E-state index in [-0.39, 0.29) is 0 Å². The van der Waals surface area contributed by atoms with Gasteiger partial charge in [-0.15, -0.1) is 4.67 Å². The molecule has 8 nitrogen and oxygen atoms in total. The minimum absolute atomic E-state index is 0.769. The van der Waals surface area contributed by atoms with E-state index < -0.39 is 21.9 Å². The van der Waals surface area contributed by atoms with E-state index in [2.05, 4.69) is 18.0 Å². The smallest absolute Gasteiger partial charge is 0.301 e. The summed E-state index contributed by atoms with van der Waals surface area (Å²) in [7, 11) is -8.73. The largest absolute Gasteiger partial charge is 0.508 e. The second-order valence-corrected chi connectivity index (χ2v) is 4.93. The predicted octanol–water partition coefficient (Wildman–Crippen LogP) is 1.09. The number of phosphoric acid groups is 2. The molecule has 0 aliphatic carbocycles. The molecule has 0 spiro atoms. The lowest BCUT2D eigenvalue weighted by molar-refractivity contribution is -0.164. The lowest BCUT2D eigenvalue weighted by atomic mass is 10.8. The van der Waals surface area contributed by atoms with Crippen molar-refractivity contribution < 1.29 is 37.3 Å². The summed E-state index contributed by atoms with van der Waals surface area (Å²) in [6.07, 6.45) is -0.769. The highest BCUT2D eigenvalue weighted by atomic mass is 31.3. The van der Waals surface area contributed by atoms with Gasteiger partial charge in [0.05, 0.1) is 0 Å². The normalized spacial score (nSPS) is 40.1. The average molecular weight is 220 g/mol. The minimum Gasteiger partial charge on any atom is -0.301 e. The van der Waals surface area contributed by atoms with Gasteiger partial charge in [-0.05, 0) is 6.92 Å². The second-order valence-electron chi connectivity index (χ2n) is 1.86. The van der Waals surface area contributed by atoms with Crippen LogP contribution >= 0.6 is 15.6 Å². The number of hydrogen-bond acceptors (Lipinski definition) is 7. The van der Waals surface area contributed by atoms with Gasteiger partial charge in [0.25, 0.3) is 0 Å². The molecule has 1 aliphatic rings. The molecule has 1 fully saturated rings. The quantitative estimate of drug-likeness (QED) is 0.413. The van der Waals surface area contributed by atoms with Crippen molar-refractivity contribution in [2.75, 3.05) is 0 Å². The maximum atomic E-state index is 10.9. The zero-order valence-corrected chi connectivity index (χ0v) is 7.60. The highest BCUT2D eigenvalue weighted by molar-refractivity contribution is 7.62. The molecule has 0 aromatic carbocycles. The van der Waals surface area contributed by atoms with Gasteiger partial charge in [-0.25, -0.2) is 14.4 Å². The Labute approximate surface area is 67.2 Å². The van der Waals surface area contributed by atoms with E-state index in [9.17, 15) is 9.13 Å². The third-order valence-electron chi connectivity index (χ3n) is 0.861. The summed E-state index contributed by atoms with van der Waals surface area (Å²) >= 11 is 0. The highest BCUT2D eigenvalue weighted by Gasteiger charge is 2.48. The summed E-state index contributed by atoms with van der Waals surface area (Å²) in [6.45, 7) is 1.40. The van der Waals surface area contributed by atoms with Crippen molar-refractivity contribution in [2.24, 2.45) is 0 Å². The van der Waals surface area contributed by atoms with Crippen LogP contribution in [0.25, 0.3) is 0 Å². The average Bonchev–Trinajstić information content (AvgIpc) is 1.83. The Morgan fingerprint density at radius 2 is 2.08 bits per heavy atom. The maximum absolute atomic E-state index is 10.9. The van der Waals surface area contributed by atoms with Gasteiger partial charge in [0.15, 0.2) is 6.29 Å². The fraction of sp³-hybridized carbons (Fsp3) is 1.00. The Morgan fingerprint density at radius 1 is 1.58 bits per heavy atom. The van der Waals surface area contributed by atoms with E-state index in [4.69, 9.17) is 10.2 Å². The van der Waals surface area contributed by atoms with Crippen LogP contribution in [0.4, 0.5) is 0 Å². The van der Waals surface area contributed by atoms with Crippen LogP contribution < -0.4 is 0 Å². The fourth-order valence-electron chi connectivity index (χ4n) is 0.551.